The zero-order chi connectivity index (χ0) is 53.1. The van der Waals surface area contributed by atoms with Crippen molar-refractivity contribution in [2.75, 3.05) is 0 Å². The fourth-order valence-electron chi connectivity index (χ4n) is 9.46. The number of nitrogens with zero attached hydrogens (tertiary/aromatic N) is 4. The zero-order valence-electron chi connectivity index (χ0n) is 47.5. The Bertz CT molecular complexity index is 2310. The summed E-state index contributed by atoms with van der Waals surface area (Å²) in [6.45, 7) is 18.0. The summed E-state index contributed by atoms with van der Waals surface area (Å²) in [4.78, 5) is 2.79. The SMILES string of the molecule is CCCCCC1=C(c2ccc(CCCCC)cc2)[N+](=[N-])C(c2cccc(CCCC)c2)=C1CCCCC.CCCCCc1ccc(C2=CC=C(c3cccc(CCCCC)c3)[N+]2=[N-])cc1.C[CH2][Pd][CH2]C.[CH3][Pd][CH3]. The van der Waals surface area contributed by atoms with Gasteiger partial charge in [0.05, 0.1) is 0 Å². The van der Waals surface area contributed by atoms with Crippen molar-refractivity contribution in [3.8, 4) is 0 Å². The van der Waals surface area contributed by atoms with Crippen molar-refractivity contribution in [3.63, 3.8) is 0 Å². The molecule has 4 aromatic rings. The van der Waals surface area contributed by atoms with Gasteiger partial charge >= 0.3 is 70.4 Å². The van der Waals surface area contributed by atoms with E-state index in [1.807, 2.05) is 12.2 Å². The molecule has 6 heteroatoms. The van der Waals surface area contributed by atoms with Crippen LogP contribution in [-0.2, 0) is 61.6 Å². The fraction of sp³-hybridized carbons (Fsp3) is 0.522. The molecule has 0 atom stereocenters. The van der Waals surface area contributed by atoms with Gasteiger partial charge in [0, 0.05) is 45.6 Å². The summed E-state index contributed by atoms with van der Waals surface area (Å²) in [5, 5.41) is 4.35. The van der Waals surface area contributed by atoms with Crippen LogP contribution in [0, 0.1) is 0 Å². The average Bonchev–Trinajstić information content (AvgIpc) is 3.93. The molecule has 4 nitrogen and oxygen atoms in total. The molecule has 73 heavy (non-hydrogen) atoms. The molecule has 0 saturated heterocycles. The molecule has 0 fully saturated rings. The Kier molecular flexibility index (Phi) is 33.9. The first-order chi connectivity index (χ1) is 35.7. The summed E-state index contributed by atoms with van der Waals surface area (Å²) in [7, 11) is 0. The summed E-state index contributed by atoms with van der Waals surface area (Å²) in [6, 6.07) is 35.1. The van der Waals surface area contributed by atoms with Gasteiger partial charge in [0.1, 0.15) is 0 Å². The Hall–Kier alpha value is -3.64. The predicted molar refractivity (Wildman–Crippen MR) is 312 cm³/mol. The van der Waals surface area contributed by atoms with Crippen molar-refractivity contribution < 1.29 is 45.4 Å². The van der Waals surface area contributed by atoms with E-state index in [-0.39, 0.29) is 0 Å². The molecule has 6 rings (SSSR count). The first kappa shape index (κ1) is 63.7. The maximum absolute atomic E-state index is 11.8. The molecule has 2 aliphatic heterocycles. The van der Waals surface area contributed by atoms with Crippen molar-refractivity contribution in [2.24, 2.45) is 0 Å². The molecule has 0 saturated carbocycles. The van der Waals surface area contributed by atoms with E-state index < -0.39 is 0 Å². The summed E-state index contributed by atoms with van der Waals surface area (Å²) in [5.41, 5.74) is 39.0. The van der Waals surface area contributed by atoms with Crippen molar-refractivity contribution in [2.45, 2.75) is 224 Å². The second kappa shape index (κ2) is 38.8. The second-order valence-electron chi connectivity index (χ2n) is 19.5. The van der Waals surface area contributed by atoms with Crippen LogP contribution in [0.3, 0.4) is 0 Å². The van der Waals surface area contributed by atoms with E-state index in [0.717, 1.165) is 120 Å². The van der Waals surface area contributed by atoms with E-state index in [1.54, 1.807) is 4.70 Å². The molecular formula is C67H98N4Pd2. The summed E-state index contributed by atoms with van der Waals surface area (Å²) in [5.74, 6) is 0. The third-order valence-electron chi connectivity index (χ3n) is 13.5. The molecule has 0 N–H and O–H groups in total. The molecule has 0 aliphatic carbocycles. The fourth-order valence-corrected chi connectivity index (χ4v) is 10.2. The number of rotatable bonds is 29. The Morgan fingerprint density at radius 3 is 1.14 bits per heavy atom. The van der Waals surface area contributed by atoms with Crippen LogP contribution in [0.4, 0.5) is 0 Å². The van der Waals surface area contributed by atoms with Gasteiger partial charge in [0.25, 0.3) is 0 Å². The van der Waals surface area contributed by atoms with Crippen molar-refractivity contribution >= 4 is 22.8 Å². The van der Waals surface area contributed by atoms with Gasteiger partial charge in [-0.3, -0.25) is 0 Å². The average molecular weight is 1170 g/mol. The van der Waals surface area contributed by atoms with Crippen molar-refractivity contribution in [1.29, 1.82) is 0 Å². The van der Waals surface area contributed by atoms with Gasteiger partial charge in [0.15, 0.2) is 0 Å². The van der Waals surface area contributed by atoms with Crippen LogP contribution in [0.1, 0.15) is 222 Å². The van der Waals surface area contributed by atoms with Crippen LogP contribution >= 0.6 is 0 Å². The van der Waals surface area contributed by atoms with Crippen LogP contribution in [0.5, 0.6) is 0 Å². The Morgan fingerprint density at radius 1 is 0.356 bits per heavy atom. The summed E-state index contributed by atoms with van der Waals surface area (Å²) >= 11 is 1.99. The van der Waals surface area contributed by atoms with Gasteiger partial charge in [-0.25, -0.2) is 9.39 Å². The number of allylic oxidation sites excluding steroid dienone is 4. The number of benzene rings is 4. The number of aryl methyl sites for hydroxylation is 4. The second-order valence-corrected chi connectivity index (χ2v) is 24.0. The number of hydrogen-bond acceptors (Lipinski definition) is 0. The quantitative estimate of drug-likeness (QED) is 0.0296. The molecule has 0 bridgehead atoms. The number of hydrogen-bond donors (Lipinski definition) is 0. The molecule has 2 heterocycles. The van der Waals surface area contributed by atoms with Crippen molar-refractivity contribution in [3.05, 3.63) is 176 Å². The Morgan fingerprint density at radius 2 is 0.712 bits per heavy atom. The van der Waals surface area contributed by atoms with Crippen LogP contribution in [0.25, 0.3) is 33.9 Å². The van der Waals surface area contributed by atoms with Crippen LogP contribution < -0.4 is 0 Å². The monoisotopic (exact) mass is 1170 g/mol. The first-order valence-corrected chi connectivity index (χ1v) is 33.9. The van der Waals surface area contributed by atoms with Gasteiger partial charge in [-0.2, -0.15) is 0 Å². The molecule has 0 amide bonds. The molecule has 406 valence electrons. The van der Waals surface area contributed by atoms with Crippen molar-refractivity contribution in [1.82, 2.24) is 0 Å². The van der Waals surface area contributed by atoms with E-state index in [9.17, 15) is 11.1 Å². The summed E-state index contributed by atoms with van der Waals surface area (Å²) in [6.07, 6.45) is 31.4. The van der Waals surface area contributed by atoms with Crippen LogP contribution in [0.2, 0.25) is 20.6 Å². The molecule has 0 radical (unpaired) electrons. The standard InChI is InChI=1S/C35H50N2.C26H32N2.2C2H5.2CH3.2Pd/c1-5-9-13-18-28-23-25-30(26-24-28)34-32(21-14-10-6-2)33(22-15-11-7-3)35(37(34)36)31-20-16-19-29(27-31)17-12-8-4;1-3-5-7-10-21-14-16-23(17-15-21)25-18-19-26(28(25)27)24-13-9-12-22(20-24)11-8-6-4-2;2*1-2;;;;/h16,19-20,23-27H,5-15,17-18,21-22H2,1-4H3;9,12-20H,3-8,10-11H2,1-2H3;2*1H2,2H3;2*1H3;;. The topological polar surface area (TPSA) is 50.6 Å². The van der Waals surface area contributed by atoms with Gasteiger partial charge in [0.2, 0.25) is 22.8 Å². The van der Waals surface area contributed by atoms with Gasteiger partial charge < -0.3 is 11.1 Å². The van der Waals surface area contributed by atoms with E-state index in [0.29, 0.717) is 0 Å². The Labute approximate surface area is 464 Å². The van der Waals surface area contributed by atoms with E-state index >= 15 is 0 Å². The summed E-state index contributed by atoms with van der Waals surface area (Å²) < 4.78 is 2.88. The van der Waals surface area contributed by atoms with E-state index in [4.69, 9.17) is 0 Å². The van der Waals surface area contributed by atoms with Crippen LogP contribution in [0.15, 0.2) is 120 Å². The maximum atomic E-state index is 11.8. The third kappa shape index (κ3) is 22.2. The van der Waals surface area contributed by atoms with Gasteiger partial charge in [-0.15, -0.1) is 0 Å². The first-order valence-electron chi connectivity index (χ1n) is 28.6. The van der Waals surface area contributed by atoms with E-state index in [1.165, 1.54) is 157 Å². The third-order valence-corrected chi connectivity index (χ3v) is 15.1. The zero-order valence-corrected chi connectivity index (χ0v) is 50.6. The van der Waals surface area contributed by atoms with E-state index in [2.05, 4.69) is 163 Å². The van der Waals surface area contributed by atoms with Gasteiger partial charge in [-0.1, -0.05) is 161 Å². The van der Waals surface area contributed by atoms with Crippen LogP contribution in [-0.4, -0.2) is 9.39 Å². The predicted octanol–water partition coefficient (Wildman–Crippen LogP) is 21.8. The number of unbranched alkanes of at least 4 members (excludes halogenated alkanes) is 11. The molecule has 0 aromatic heterocycles. The van der Waals surface area contributed by atoms with Gasteiger partial charge in [-0.05, 0) is 148 Å². The Balaban J connectivity index is 0.000000345. The minimum absolute atomic E-state index is 0.839. The molecule has 2 aliphatic rings. The molecule has 0 unspecified atom stereocenters. The normalized spacial score (nSPS) is 13.1. The minimum atomic E-state index is 0.839. The molecule has 0 spiro atoms. The molecular weight excluding hydrogens is 1070 g/mol. The molecule has 4 aromatic carbocycles.